The topological polar surface area (TPSA) is 62.6 Å². The lowest BCUT2D eigenvalue weighted by Gasteiger charge is -2.23. The zero-order valence-electron chi connectivity index (χ0n) is 11.0. The van der Waals surface area contributed by atoms with Crippen LogP contribution in [0.4, 0.5) is 4.79 Å². The SMILES string of the molecule is C[C@H]1[C@@H](c2ccccc2)N(C(=O)[C@@H]2CN2)C(=O)N1C. The Hall–Kier alpha value is -1.88. The van der Waals surface area contributed by atoms with Gasteiger partial charge >= 0.3 is 6.03 Å². The molecule has 2 aliphatic heterocycles. The van der Waals surface area contributed by atoms with Crippen LogP contribution in [0.15, 0.2) is 30.3 Å². The number of urea groups is 1. The molecule has 0 aliphatic carbocycles. The van der Waals surface area contributed by atoms with Gasteiger partial charge in [-0.3, -0.25) is 9.69 Å². The van der Waals surface area contributed by atoms with Gasteiger partial charge in [-0.15, -0.1) is 0 Å². The Bertz CT molecular complexity index is 505. The molecule has 3 amide bonds. The van der Waals surface area contributed by atoms with Crippen LogP contribution in [0, 0.1) is 0 Å². The van der Waals surface area contributed by atoms with Crippen molar-refractivity contribution in [3.05, 3.63) is 35.9 Å². The second-order valence-corrected chi connectivity index (χ2v) is 5.16. The van der Waals surface area contributed by atoms with Gasteiger partial charge in [0.2, 0.25) is 5.91 Å². The second-order valence-electron chi connectivity index (χ2n) is 5.16. The fraction of sp³-hybridized carbons (Fsp3) is 0.429. The summed E-state index contributed by atoms with van der Waals surface area (Å²) in [6, 6.07) is 9.12. The maximum absolute atomic E-state index is 12.3. The molecule has 0 unspecified atom stereocenters. The van der Waals surface area contributed by atoms with E-state index in [4.69, 9.17) is 0 Å². The second kappa shape index (κ2) is 4.35. The van der Waals surface area contributed by atoms with Crippen LogP contribution in [0.25, 0.3) is 0 Å². The molecule has 2 saturated heterocycles. The summed E-state index contributed by atoms with van der Waals surface area (Å²) in [6.07, 6.45) is 0. The van der Waals surface area contributed by atoms with Gasteiger partial charge < -0.3 is 10.2 Å². The van der Waals surface area contributed by atoms with Crippen molar-refractivity contribution < 1.29 is 9.59 Å². The van der Waals surface area contributed by atoms with Gasteiger partial charge in [0.05, 0.1) is 12.1 Å². The number of likely N-dealkylation sites (N-methyl/N-ethyl adjacent to an activating group) is 1. The Morgan fingerprint density at radius 1 is 1.32 bits per heavy atom. The van der Waals surface area contributed by atoms with Crippen molar-refractivity contribution >= 4 is 11.9 Å². The third-order valence-electron chi connectivity index (χ3n) is 3.94. The van der Waals surface area contributed by atoms with E-state index in [1.807, 2.05) is 37.3 Å². The minimum absolute atomic E-state index is 0.0161. The lowest BCUT2D eigenvalue weighted by molar-refractivity contribution is -0.128. The molecule has 3 rings (SSSR count). The van der Waals surface area contributed by atoms with Crippen LogP contribution in [-0.4, -0.2) is 47.4 Å². The number of carbonyl (C=O) groups excluding carboxylic acids is 2. The number of imide groups is 1. The first kappa shape index (κ1) is 12.2. The lowest BCUT2D eigenvalue weighted by atomic mass is 10.0. The molecule has 2 heterocycles. The van der Waals surface area contributed by atoms with Crippen molar-refractivity contribution in [3.8, 4) is 0 Å². The van der Waals surface area contributed by atoms with Crippen molar-refractivity contribution in [2.45, 2.75) is 25.0 Å². The summed E-state index contributed by atoms with van der Waals surface area (Å²) in [6.45, 7) is 2.64. The maximum Gasteiger partial charge on any atom is 0.327 e. The highest BCUT2D eigenvalue weighted by molar-refractivity contribution is 6.00. The molecule has 5 nitrogen and oxygen atoms in total. The summed E-state index contributed by atoms with van der Waals surface area (Å²) in [5.74, 6) is -0.116. The van der Waals surface area contributed by atoms with E-state index in [1.54, 1.807) is 11.9 Å². The molecule has 2 aliphatic rings. The Kier molecular flexibility index (Phi) is 2.78. The van der Waals surface area contributed by atoms with Crippen LogP contribution in [0.2, 0.25) is 0 Å². The number of hydrogen-bond acceptors (Lipinski definition) is 3. The Morgan fingerprint density at radius 3 is 2.53 bits per heavy atom. The van der Waals surface area contributed by atoms with Gasteiger partial charge in [-0.2, -0.15) is 0 Å². The van der Waals surface area contributed by atoms with E-state index in [1.165, 1.54) is 4.90 Å². The molecule has 0 bridgehead atoms. The van der Waals surface area contributed by atoms with Crippen LogP contribution < -0.4 is 5.32 Å². The van der Waals surface area contributed by atoms with E-state index in [0.29, 0.717) is 6.54 Å². The first-order chi connectivity index (χ1) is 9.11. The molecule has 3 atom stereocenters. The molecule has 1 N–H and O–H groups in total. The minimum Gasteiger partial charge on any atom is -0.322 e. The summed E-state index contributed by atoms with van der Waals surface area (Å²) >= 11 is 0. The smallest absolute Gasteiger partial charge is 0.322 e. The van der Waals surface area contributed by atoms with E-state index in [-0.39, 0.29) is 30.1 Å². The highest BCUT2D eigenvalue weighted by Crippen LogP contribution is 2.35. The van der Waals surface area contributed by atoms with Crippen LogP contribution in [0.5, 0.6) is 0 Å². The van der Waals surface area contributed by atoms with Gasteiger partial charge in [0, 0.05) is 13.6 Å². The molecular weight excluding hydrogens is 242 g/mol. The van der Waals surface area contributed by atoms with E-state index in [0.717, 1.165) is 5.56 Å². The summed E-state index contributed by atoms with van der Waals surface area (Å²) < 4.78 is 0. The minimum atomic E-state index is -0.208. The van der Waals surface area contributed by atoms with Crippen LogP contribution in [0.3, 0.4) is 0 Å². The Balaban J connectivity index is 1.98. The van der Waals surface area contributed by atoms with Crippen molar-refractivity contribution in [1.29, 1.82) is 0 Å². The number of benzene rings is 1. The van der Waals surface area contributed by atoms with Crippen molar-refractivity contribution in [2.24, 2.45) is 0 Å². The van der Waals surface area contributed by atoms with Gasteiger partial charge in [-0.05, 0) is 12.5 Å². The largest absolute Gasteiger partial charge is 0.327 e. The zero-order chi connectivity index (χ0) is 13.6. The average Bonchev–Trinajstić information content (AvgIpc) is 3.24. The number of nitrogens with zero attached hydrogens (tertiary/aromatic N) is 2. The summed E-state index contributed by atoms with van der Waals surface area (Å²) in [4.78, 5) is 27.6. The highest BCUT2D eigenvalue weighted by Gasteiger charge is 2.49. The quantitative estimate of drug-likeness (QED) is 0.805. The summed E-state index contributed by atoms with van der Waals surface area (Å²) in [5, 5.41) is 2.97. The number of carbonyl (C=O) groups is 2. The number of hydrogen-bond donors (Lipinski definition) is 1. The van der Waals surface area contributed by atoms with E-state index < -0.39 is 0 Å². The third kappa shape index (κ3) is 1.90. The molecule has 0 aromatic heterocycles. The molecule has 2 fully saturated rings. The average molecular weight is 259 g/mol. The monoisotopic (exact) mass is 259 g/mol. The fourth-order valence-corrected chi connectivity index (χ4v) is 2.60. The Labute approximate surface area is 112 Å². The van der Waals surface area contributed by atoms with E-state index in [2.05, 4.69) is 5.32 Å². The van der Waals surface area contributed by atoms with Crippen molar-refractivity contribution in [1.82, 2.24) is 15.1 Å². The molecule has 0 radical (unpaired) electrons. The van der Waals surface area contributed by atoms with E-state index >= 15 is 0 Å². The van der Waals surface area contributed by atoms with Gasteiger partial charge in [0.1, 0.15) is 6.04 Å². The zero-order valence-corrected chi connectivity index (χ0v) is 11.0. The lowest BCUT2D eigenvalue weighted by Crippen LogP contribution is -2.39. The normalized spacial score (nSPS) is 29.8. The summed E-state index contributed by atoms with van der Waals surface area (Å²) in [7, 11) is 1.75. The Morgan fingerprint density at radius 2 is 1.95 bits per heavy atom. The molecule has 0 spiro atoms. The van der Waals surface area contributed by atoms with Gasteiger partial charge in [0.15, 0.2) is 0 Å². The first-order valence-corrected chi connectivity index (χ1v) is 6.49. The summed E-state index contributed by atoms with van der Waals surface area (Å²) in [5.41, 5.74) is 1.00. The van der Waals surface area contributed by atoms with Crippen molar-refractivity contribution in [2.75, 3.05) is 13.6 Å². The van der Waals surface area contributed by atoms with Gasteiger partial charge in [-0.25, -0.2) is 4.79 Å². The predicted octanol–water partition coefficient (Wildman–Crippen LogP) is 0.982. The molecule has 19 heavy (non-hydrogen) atoms. The van der Waals surface area contributed by atoms with Gasteiger partial charge in [0.25, 0.3) is 0 Å². The molecular formula is C14H17N3O2. The predicted molar refractivity (Wildman–Crippen MR) is 70.4 cm³/mol. The molecule has 1 aromatic carbocycles. The van der Waals surface area contributed by atoms with Gasteiger partial charge in [-0.1, -0.05) is 30.3 Å². The van der Waals surface area contributed by atoms with Crippen LogP contribution >= 0.6 is 0 Å². The first-order valence-electron chi connectivity index (χ1n) is 6.49. The molecule has 5 heteroatoms. The van der Waals surface area contributed by atoms with Crippen molar-refractivity contribution in [3.63, 3.8) is 0 Å². The fourth-order valence-electron chi connectivity index (χ4n) is 2.60. The van der Waals surface area contributed by atoms with Crippen LogP contribution in [-0.2, 0) is 4.79 Å². The molecule has 0 saturated carbocycles. The molecule has 1 aromatic rings. The number of amides is 3. The van der Waals surface area contributed by atoms with E-state index in [9.17, 15) is 9.59 Å². The molecule has 100 valence electrons. The standard InChI is InChI=1S/C14H17N3O2/c1-9-12(10-6-4-3-5-7-10)17(14(19)16(9)2)13(18)11-8-15-11/h3-7,9,11-12,15H,8H2,1-2H3/t9-,11-,12-/m0/s1. The third-order valence-corrected chi connectivity index (χ3v) is 3.94. The number of rotatable bonds is 2. The number of nitrogens with one attached hydrogen (secondary N) is 1. The highest BCUT2D eigenvalue weighted by atomic mass is 16.2. The van der Waals surface area contributed by atoms with Crippen LogP contribution in [0.1, 0.15) is 18.5 Å². The maximum atomic E-state index is 12.3.